The summed E-state index contributed by atoms with van der Waals surface area (Å²) in [5, 5.41) is 12.5. The van der Waals surface area contributed by atoms with Crippen molar-refractivity contribution in [3.05, 3.63) is 34.4 Å². The molecule has 0 radical (unpaired) electrons. The molecule has 1 aliphatic heterocycles. The first-order valence-electron chi connectivity index (χ1n) is 6.82. The van der Waals surface area contributed by atoms with Crippen LogP contribution in [0.4, 0.5) is 9.93 Å². The molecule has 3 rings (SSSR count). The minimum absolute atomic E-state index is 0.208. The summed E-state index contributed by atoms with van der Waals surface area (Å²) in [5.74, 6) is 0.641. The van der Waals surface area contributed by atoms with E-state index in [0.29, 0.717) is 36.0 Å². The van der Waals surface area contributed by atoms with Crippen LogP contribution in [0.15, 0.2) is 6.20 Å². The predicted molar refractivity (Wildman–Crippen MR) is 81.5 cm³/mol. The number of aromatic nitrogens is 3. The van der Waals surface area contributed by atoms with Gasteiger partial charge in [0.2, 0.25) is 5.13 Å². The number of fused-ring (bicyclic) bond motifs is 1. The number of nitriles is 1. The Morgan fingerprint density at radius 1 is 1.50 bits per heavy atom. The van der Waals surface area contributed by atoms with Crippen LogP contribution >= 0.6 is 11.5 Å². The molecule has 1 aliphatic rings. The van der Waals surface area contributed by atoms with Gasteiger partial charge in [-0.15, -0.1) is 0 Å². The molecule has 0 fully saturated rings. The Balaban J connectivity index is 1.77. The summed E-state index contributed by atoms with van der Waals surface area (Å²) in [5.41, 5.74) is 3.31. The predicted octanol–water partition coefficient (Wildman–Crippen LogP) is 2.01. The molecule has 8 heteroatoms. The quantitative estimate of drug-likeness (QED) is 0.869. The first-order valence-corrected chi connectivity index (χ1v) is 7.59. The number of urea groups is 1. The molecule has 0 saturated heterocycles. The van der Waals surface area contributed by atoms with Gasteiger partial charge in [-0.2, -0.15) is 9.64 Å². The minimum atomic E-state index is -0.208. The number of hydrogen-bond donors (Lipinski definition) is 1. The molecule has 2 amide bonds. The maximum absolute atomic E-state index is 12.3. The summed E-state index contributed by atoms with van der Waals surface area (Å²) < 4.78 is 4.03. The van der Waals surface area contributed by atoms with Crippen LogP contribution < -0.4 is 5.32 Å². The van der Waals surface area contributed by atoms with Gasteiger partial charge in [0.05, 0.1) is 11.3 Å². The van der Waals surface area contributed by atoms with Crippen LogP contribution in [-0.2, 0) is 13.0 Å². The van der Waals surface area contributed by atoms with Crippen LogP contribution in [0, 0.1) is 25.2 Å². The zero-order valence-electron chi connectivity index (χ0n) is 12.3. The lowest BCUT2D eigenvalue weighted by atomic mass is 9.96. The molecule has 1 N–H and O–H groups in total. The van der Waals surface area contributed by atoms with Crippen LogP contribution in [0.2, 0.25) is 0 Å². The third kappa shape index (κ3) is 2.63. The monoisotopic (exact) mass is 314 g/mol. The zero-order valence-corrected chi connectivity index (χ0v) is 13.1. The molecule has 22 heavy (non-hydrogen) atoms. The number of nitrogens with one attached hydrogen (secondary N) is 1. The molecule has 2 aromatic rings. The molecule has 0 unspecified atom stereocenters. The fourth-order valence-corrected chi connectivity index (χ4v) is 3.05. The molecular weight excluding hydrogens is 300 g/mol. The van der Waals surface area contributed by atoms with E-state index in [1.54, 1.807) is 18.0 Å². The van der Waals surface area contributed by atoms with Gasteiger partial charge < -0.3 is 4.90 Å². The van der Waals surface area contributed by atoms with Gasteiger partial charge >= 0.3 is 6.03 Å². The summed E-state index contributed by atoms with van der Waals surface area (Å²) in [6, 6.07) is 2.00. The average Bonchev–Trinajstić information content (AvgIpc) is 2.91. The van der Waals surface area contributed by atoms with Gasteiger partial charge in [0.1, 0.15) is 11.9 Å². The second kappa shape index (κ2) is 5.69. The zero-order chi connectivity index (χ0) is 15.7. The summed E-state index contributed by atoms with van der Waals surface area (Å²) >= 11 is 1.16. The van der Waals surface area contributed by atoms with E-state index in [-0.39, 0.29) is 6.03 Å². The fraction of sp³-hybridized carbons (Fsp3) is 0.357. The van der Waals surface area contributed by atoms with E-state index in [2.05, 4.69) is 25.7 Å². The number of nitrogens with zero attached hydrogens (tertiary/aromatic N) is 5. The molecule has 0 atom stereocenters. The lowest BCUT2D eigenvalue weighted by Crippen LogP contribution is -2.39. The maximum Gasteiger partial charge on any atom is 0.323 e. The van der Waals surface area contributed by atoms with Crippen molar-refractivity contribution in [1.29, 1.82) is 5.26 Å². The Morgan fingerprint density at radius 2 is 2.32 bits per heavy atom. The van der Waals surface area contributed by atoms with Gasteiger partial charge in [-0.05, 0) is 31.4 Å². The topological polar surface area (TPSA) is 94.8 Å². The standard InChI is InChI=1S/C14H14N6OS/c1-8-12(5-15)11-3-4-20(7-10(11)6-16-8)14(21)18-13-17-9(2)19-22-13/h6H,3-4,7H2,1-2H3,(H,17,18,19,21). The number of pyridine rings is 1. The summed E-state index contributed by atoms with van der Waals surface area (Å²) in [6.45, 7) is 4.62. The third-order valence-electron chi connectivity index (χ3n) is 3.60. The van der Waals surface area contributed by atoms with Crippen molar-refractivity contribution in [1.82, 2.24) is 19.2 Å². The number of rotatable bonds is 1. The Labute approximate surface area is 131 Å². The van der Waals surface area contributed by atoms with Crippen molar-refractivity contribution in [2.24, 2.45) is 0 Å². The van der Waals surface area contributed by atoms with Crippen molar-refractivity contribution in [2.75, 3.05) is 11.9 Å². The third-order valence-corrected chi connectivity index (χ3v) is 4.32. The van der Waals surface area contributed by atoms with Crippen molar-refractivity contribution < 1.29 is 4.79 Å². The lowest BCUT2D eigenvalue weighted by molar-refractivity contribution is 0.206. The van der Waals surface area contributed by atoms with E-state index in [0.717, 1.165) is 28.4 Å². The average molecular weight is 314 g/mol. The second-order valence-corrected chi connectivity index (χ2v) is 5.83. The minimum Gasteiger partial charge on any atom is -0.320 e. The van der Waals surface area contributed by atoms with E-state index in [1.807, 2.05) is 6.92 Å². The Hall–Kier alpha value is -2.53. The SMILES string of the molecule is Cc1nsc(NC(=O)N2CCc3c(cnc(C)c3C#N)C2)n1. The molecule has 112 valence electrons. The van der Waals surface area contributed by atoms with Gasteiger partial charge in [-0.1, -0.05) is 0 Å². The normalized spacial score (nSPS) is 13.4. The Bertz CT molecular complexity index is 778. The Kier molecular flexibility index (Phi) is 3.73. The number of amides is 2. The van der Waals surface area contributed by atoms with Gasteiger partial charge in [-0.25, -0.2) is 9.78 Å². The fourth-order valence-electron chi connectivity index (χ4n) is 2.49. The first-order chi connectivity index (χ1) is 10.6. The number of hydrogen-bond acceptors (Lipinski definition) is 6. The van der Waals surface area contributed by atoms with Crippen LogP contribution in [0.3, 0.4) is 0 Å². The molecule has 0 aromatic carbocycles. The maximum atomic E-state index is 12.3. The molecule has 3 heterocycles. The van der Waals surface area contributed by atoms with E-state index >= 15 is 0 Å². The van der Waals surface area contributed by atoms with E-state index in [4.69, 9.17) is 0 Å². The van der Waals surface area contributed by atoms with Crippen molar-refractivity contribution in [3.8, 4) is 6.07 Å². The molecule has 7 nitrogen and oxygen atoms in total. The van der Waals surface area contributed by atoms with Crippen LogP contribution in [0.25, 0.3) is 0 Å². The van der Waals surface area contributed by atoms with Crippen molar-refractivity contribution in [2.45, 2.75) is 26.8 Å². The van der Waals surface area contributed by atoms with E-state index in [9.17, 15) is 10.1 Å². The number of carbonyl (C=O) groups excluding carboxylic acids is 1. The number of aryl methyl sites for hydroxylation is 2. The summed E-state index contributed by atoms with van der Waals surface area (Å²) in [6.07, 6.45) is 2.41. The van der Waals surface area contributed by atoms with Crippen LogP contribution in [0.1, 0.15) is 28.2 Å². The second-order valence-electron chi connectivity index (χ2n) is 5.08. The molecule has 0 spiro atoms. The highest BCUT2D eigenvalue weighted by molar-refractivity contribution is 7.09. The number of anilines is 1. The van der Waals surface area contributed by atoms with Gasteiger partial charge in [0.25, 0.3) is 0 Å². The van der Waals surface area contributed by atoms with Gasteiger partial charge in [-0.3, -0.25) is 10.3 Å². The Morgan fingerprint density at radius 3 is 3.00 bits per heavy atom. The smallest absolute Gasteiger partial charge is 0.320 e. The summed E-state index contributed by atoms with van der Waals surface area (Å²) in [4.78, 5) is 22.3. The van der Waals surface area contributed by atoms with Crippen molar-refractivity contribution >= 4 is 22.7 Å². The highest BCUT2D eigenvalue weighted by atomic mass is 32.1. The van der Waals surface area contributed by atoms with E-state index in [1.165, 1.54) is 0 Å². The molecule has 2 aromatic heterocycles. The summed E-state index contributed by atoms with van der Waals surface area (Å²) in [7, 11) is 0. The first kappa shape index (κ1) is 14.4. The van der Waals surface area contributed by atoms with Crippen LogP contribution in [0.5, 0.6) is 0 Å². The highest BCUT2D eigenvalue weighted by Crippen LogP contribution is 2.24. The highest BCUT2D eigenvalue weighted by Gasteiger charge is 2.24. The molecule has 0 bridgehead atoms. The number of carbonyl (C=O) groups is 1. The van der Waals surface area contributed by atoms with E-state index < -0.39 is 0 Å². The van der Waals surface area contributed by atoms with Gasteiger partial charge in [0, 0.05) is 30.8 Å². The molecule has 0 saturated carbocycles. The molecule has 0 aliphatic carbocycles. The van der Waals surface area contributed by atoms with Crippen molar-refractivity contribution in [3.63, 3.8) is 0 Å². The largest absolute Gasteiger partial charge is 0.323 e. The van der Waals surface area contributed by atoms with Gasteiger partial charge in [0.15, 0.2) is 0 Å². The lowest BCUT2D eigenvalue weighted by Gasteiger charge is -2.29. The molecular formula is C14H14N6OS. The van der Waals surface area contributed by atoms with Crippen LogP contribution in [-0.4, -0.2) is 31.8 Å².